The average Bonchev–Trinajstić information content (AvgIpc) is 2.24. The lowest BCUT2D eigenvalue weighted by Crippen LogP contribution is -2.18. The number of amides is 1. The molecule has 0 spiro atoms. The second-order valence-electron chi connectivity index (χ2n) is 2.87. The number of nitrogens with zero attached hydrogens (tertiary/aromatic N) is 1. The van der Waals surface area contributed by atoms with Crippen molar-refractivity contribution in [1.29, 1.82) is 0 Å². The number of nitrogens with two attached hydrogens (primary N) is 1. The minimum absolute atomic E-state index is 0.0263. The van der Waals surface area contributed by atoms with E-state index < -0.39 is 11.0 Å². The highest BCUT2D eigenvalue weighted by Gasteiger charge is 2.11. The molecule has 0 saturated carbocycles. The first-order valence-corrected chi connectivity index (χ1v) is 4.51. The first-order valence-electron chi connectivity index (χ1n) is 4.51. The van der Waals surface area contributed by atoms with Crippen LogP contribution in [0.4, 0.5) is 16.2 Å². The minimum Gasteiger partial charge on any atom is -0.448 e. The Morgan fingerprint density at radius 3 is 2.81 bits per heavy atom. The van der Waals surface area contributed by atoms with Gasteiger partial charge in [0.15, 0.2) is 0 Å². The van der Waals surface area contributed by atoms with Crippen molar-refractivity contribution in [2.45, 2.75) is 0 Å². The van der Waals surface area contributed by atoms with Crippen molar-refractivity contribution >= 4 is 17.5 Å². The third-order valence-corrected chi connectivity index (χ3v) is 1.76. The van der Waals surface area contributed by atoms with E-state index in [4.69, 9.17) is 5.73 Å². The van der Waals surface area contributed by atoms with Crippen molar-refractivity contribution in [2.24, 2.45) is 5.73 Å². The molecule has 0 radical (unpaired) electrons. The second-order valence-corrected chi connectivity index (χ2v) is 2.87. The van der Waals surface area contributed by atoms with E-state index in [0.717, 1.165) is 0 Å². The molecular weight excluding hydrogens is 214 g/mol. The van der Waals surface area contributed by atoms with Crippen LogP contribution in [0.1, 0.15) is 0 Å². The molecule has 1 aromatic rings. The van der Waals surface area contributed by atoms with E-state index in [9.17, 15) is 14.9 Å². The minimum atomic E-state index is -0.871. The summed E-state index contributed by atoms with van der Waals surface area (Å²) in [5.41, 5.74) is 5.10. The van der Waals surface area contributed by atoms with Gasteiger partial charge in [-0.25, -0.2) is 4.79 Å². The van der Waals surface area contributed by atoms with Gasteiger partial charge in [0.2, 0.25) is 0 Å². The SMILES string of the molecule is NC(=O)OCCNc1ccccc1[N+](=O)[O-]. The number of ether oxygens (including phenoxy) is 1. The van der Waals surface area contributed by atoms with Crippen LogP contribution in [0.15, 0.2) is 24.3 Å². The van der Waals surface area contributed by atoms with Crippen LogP contribution in [0.2, 0.25) is 0 Å². The summed E-state index contributed by atoms with van der Waals surface area (Å²) in [6.07, 6.45) is -0.871. The summed E-state index contributed by atoms with van der Waals surface area (Å²) in [7, 11) is 0. The highest BCUT2D eigenvalue weighted by Crippen LogP contribution is 2.22. The van der Waals surface area contributed by atoms with Gasteiger partial charge >= 0.3 is 6.09 Å². The molecule has 0 unspecified atom stereocenters. The first kappa shape index (κ1) is 11.8. The Kier molecular flexibility index (Phi) is 4.07. The number of nitrogens with one attached hydrogen (secondary N) is 1. The van der Waals surface area contributed by atoms with Crippen LogP contribution in [-0.2, 0) is 4.74 Å². The summed E-state index contributed by atoms with van der Waals surface area (Å²) in [6, 6.07) is 6.20. The maximum absolute atomic E-state index is 10.6. The van der Waals surface area contributed by atoms with Crippen molar-refractivity contribution in [3.05, 3.63) is 34.4 Å². The topological polar surface area (TPSA) is 107 Å². The molecule has 0 fully saturated rings. The Morgan fingerprint density at radius 1 is 1.50 bits per heavy atom. The van der Waals surface area contributed by atoms with E-state index in [1.165, 1.54) is 6.07 Å². The van der Waals surface area contributed by atoms with Gasteiger partial charge in [0.1, 0.15) is 12.3 Å². The Bertz CT molecular complexity index is 394. The Hall–Kier alpha value is -2.31. The molecule has 0 bridgehead atoms. The predicted octanol–water partition coefficient (Wildman–Crippen LogP) is 1.10. The van der Waals surface area contributed by atoms with Crippen LogP contribution in [-0.4, -0.2) is 24.2 Å². The molecule has 0 aromatic heterocycles. The molecule has 1 rings (SSSR count). The lowest BCUT2D eigenvalue weighted by molar-refractivity contribution is -0.384. The number of anilines is 1. The van der Waals surface area contributed by atoms with E-state index in [0.29, 0.717) is 5.69 Å². The van der Waals surface area contributed by atoms with Crippen LogP contribution >= 0.6 is 0 Å². The number of rotatable bonds is 5. The Labute approximate surface area is 91.3 Å². The fraction of sp³-hybridized carbons (Fsp3) is 0.222. The van der Waals surface area contributed by atoms with Crippen molar-refractivity contribution in [3.63, 3.8) is 0 Å². The van der Waals surface area contributed by atoms with Crippen molar-refractivity contribution in [1.82, 2.24) is 0 Å². The van der Waals surface area contributed by atoms with Crippen LogP contribution in [0.5, 0.6) is 0 Å². The van der Waals surface area contributed by atoms with Crippen LogP contribution < -0.4 is 11.1 Å². The number of carbonyl (C=O) groups excluding carboxylic acids is 1. The van der Waals surface area contributed by atoms with E-state index in [1.807, 2.05) is 0 Å². The molecule has 86 valence electrons. The molecule has 7 heteroatoms. The van der Waals surface area contributed by atoms with E-state index >= 15 is 0 Å². The zero-order chi connectivity index (χ0) is 12.0. The van der Waals surface area contributed by atoms with E-state index in [2.05, 4.69) is 10.1 Å². The maximum atomic E-state index is 10.6. The smallest absolute Gasteiger partial charge is 0.404 e. The molecule has 1 aromatic carbocycles. The Morgan fingerprint density at radius 2 is 2.19 bits per heavy atom. The predicted molar refractivity (Wildman–Crippen MR) is 57.1 cm³/mol. The van der Waals surface area contributed by atoms with Crippen LogP contribution in [0.25, 0.3) is 0 Å². The first-order chi connectivity index (χ1) is 7.61. The quantitative estimate of drug-likeness (QED) is 0.443. The van der Waals surface area contributed by atoms with Gasteiger partial charge in [-0.1, -0.05) is 12.1 Å². The van der Waals surface area contributed by atoms with Crippen molar-refractivity contribution < 1.29 is 14.5 Å². The number of hydrogen-bond acceptors (Lipinski definition) is 5. The third kappa shape index (κ3) is 3.45. The van der Waals surface area contributed by atoms with Gasteiger partial charge in [0, 0.05) is 12.6 Å². The van der Waals surface area contributed by atoms with Gasteiger partial charge in [-0.15, -0.1) is 0 Å². The number of nitro groups is 1. The molecule has 0 saturated heterocycles. The zero-order valence-corrected chi connectivity index (χ0v) is 8.38. The summed E-state index contributed by atoms with van der Waals surface area (Å²) < 4.78 is 4.47. The number of benzene rings is 1. The second kappa shape index (κ2) is 5.54. The van der Waals surface area contributed by atoms with E-state index in [1.54, 1.807) is 18.2 Å². The molecule has 3 N–H and O–H groups in total. The summed E-state index contributed by atoms with van der Waals surface area (Å²) in [5, 5.41) is 13.4. The molecule has 7 nitrogen and oxygen atoms in total. The highest BCUT2D eigenvalue weighted by molar-refractivity contribution is 5.64. The van der Waals surface area contributed by atoms with Gasteiger partial charge in [-0.2, -0.15) is 0 Å². The summed E-state index contributed by atoms with van der Waals surface area (Å²) in [5.74, 6) is 0. The molecule has 0 heterocycles. The largest absolute Gasteiger partial charge is 0.448 e. The summed E-state index contributed by atoms with van der Waals surface area (Å²) >= 11 is 0. The number of hydrogen-bond donors (Lipinski definition) is 2. The van der Waals surface area contributed by atoms with Crippen LogP contribution in [0, 0.1) is 10.1 Å². The van der Waals surface area contributed by atoms with Gasteiger partial charge in [0.25, 0.3) is 5.69 Å². The van der Waals surface area contributed by atoms with Gasteiger partial charge in [0.05, 0.1) is 4.92 Å². The van der Waals surface area contributed by atoms with Crippen LogP contribution in [0.3, 0.4) is 0 Å². The molecule has 0 aliphatic carbocycles. The van der Waals surface area contributed by atoms with E-state index in [-0.39, 0.29) is 18.8 Å². The molecule has 1 amide bonds. The summed E-state index contributed by atoms with van der Waals surface area (Å²) in [6.45, 7) is 0.315. The molecule has 16 heavy (non-hydrogen) atoms. The average molecular weight is 225 g/mol. The Balaban J connectivity index is 2.53. The lowest BCUT2D eigenvalue weighted by Gasteiger charge is -2.06. The standard InChI is InChI=1S/C9H11N3O4/c10-9(13)16-6-5-11-7-3-1-2-4-8(7)12(14)15/h1-4,11H,5-6H2,(H2,10,13). The number of primary amides is 1. The number of para-hydroxylation sites is 2. The highest BCUT2D eigenvalue weighted by atomic mass is 16.6. The monoisotopic (exact) mass is 225 g/mol. The van der Waals surface area contributed by atoms with Crippen molar-refractivity contribution in [2.75, 3.05) is 18.5 Å². The van der Waals surface area contributed by atoms with Gasteiger partial charge in [-0.3, -0.25) is 10.1 Å². The summed E-state index contributed by atoms with van der Waals surface area (Å²) in [4.78, 5) is 20.4. The number of nitro benzene ring substituents is 1. The maximum Gasteiger partial charge on any atom is 0.404 e. The van der Waals surface area contributed by atoms with Gasteiger partial charge in [-0.05, 0) is 6.07 Å². The molecular formula is C9H11N3O4. The lowest BCUT2D eigenvalue weighted by atomic mass is 10.2. The fourth-order valence-corrected chi connectivity index (χ4v) is 1.12. The normalized spacial score (nSPS) is 9.50. The fourth-order valence-electron chi connectivity index (χ4n) is 1.12. The third-order valence-electron chi connectivity index (χ3n) is 1.76. The molecule has 0 atom stereocenters. The zero-order valence-electron chi connectivity index (χ0n) is 8.38. The molecule has 0 aliphatic rings. The molecule has 0 aliphatic heterocycles. The number of carbonyl (C=O) groups is 1. The van der Waals surface area contributed by atoms with Gasteiger partial charge < -0.3 is 15.8 Å². The van der Waals surface area contributed by atoms with Crippen molar-refractivity contribution in [3.8, 4) is 0 Å².